The second-order valence-electron chi connectivity index (χ2n) is 6.85. The Labute approximate surface area is 158 Å². The number of nitro benzene ring substituents is 1. The van der Waals surface area contributed by atoms with Crippen molar-refractivity contribution in [1.82, 2.24) is 9.21 Å². The first-order valence-electron chi connectivity index (χ1n) is 8.92. The van der Waals surface area contributed by atoms with Gasteiger partial charge in [-0.05, 0) is 25.8 Å². The summed E-state index contributed by atoms with van der Waals surface area (Å²) in [6.45, 7) is 3.99. The van der Waals surface area contributed by atoms with Crippen LogP contribution in [0.25, 0.3) is 0 Å². The fraction of sp³-hybridized carbons (Fsp3) is 0.588. The van der Waals surface area contributed by atoms with Crippen molar-refractivity contribution in [2.75, 3.05) is 39.4 Å². The number of ether oxygens (including phenoxy) is 1. The van der Waals surface area contributed by atoms with Crippen molar-refractivity contribution in [1.29, 1.82) is 0 Å². The van der Waals surface area contributed by atoms with Crippen LogP contribution in [0.1, 0.15) is 18.4 Å². The Balaban J connectivity index is 1.79. The highest BCUT2D eigenvalue weighted by atomic mass is 32.2. The van der Waals surface area contributed by atoms with Gasteiger partial charge in [0.25, 0.3) is 5.69 Å². The number of aryl methyl sites for hydroxylation is 1. The molecular formula is C17H23N3O6S. The van der Waals surface area contributed by atoms with Crippen LogP contribution in [0.2, 0.25) is 0 Å². The van der Waals surface area contributed by atoms with Crippen molar-refractivity contribution in [3.05, 3.63) is 33.9 Å². The third-order valence-electron chi connectivity index (χ3n) is 5.07. The second kappa shape index (κ2) is 7.91. The van der Waals surface area contributed by atoms with Gasteiger partial charge in [-0.25, -0.2) is 8.42 Å². The SMILES string of the molecule is Cc1ccc(S(=O)(=O)N2CCC[C@H](C(=O)N3CCOCC3)C2)cc1[N+](=O)[O-]. The van der Waals surface area contributed by atoms with Crippen LogP contribution < -0.4 is 0 Å². The lowest BCUT2D eigenvalue weighted by atomic mass is 9.98. The van der Waals surface area contributed by atoms with Crippen molar-refractivity contribution >= 4 is 21.6 Å². The number of hydrogen-bond acceptors (Lipinski definition) is 6. The molecule has 2 aliphatic rings. The van der Waals surface area contributed by atoms with Crippen molar-refractivity contribution in [3.8, 4) is 0 Å². The number of sulfonamides is 1. The van der Waals surface area contributed by atoms with E-state index in [0.717, 1.165) is 6.07 Å². The Morgan fingerprint density at radius 2 is 1.96 bits per heavy atom. The zero-order valence-electron chi connectivity index (χ0n) is 15.2. The lowest BCUT2D eigenvalue weighted by Crippen LogP contribution is -2.49. The lowest BCUT2D eigenvalue weighted by Gasteiger charge is -2.35. The molecule has 0 unspecified atom stereocenters. The number of nitrogens with zero attached hydrogens (tertiary/aromatic N) is 3. The smallest absolute Gasteiger partial charge is 0.273 e. The minimum atomic E-state index is -3.90. The minimum Gasteiger partial charge on any atom is -0.378 e. The number of rotatable bonds is 4. The molecule has 2 fully saturated rings. The zero-order valence-corrected chi connectivity index (χ0v) is 16.0. The van der Waals surface area contributed by atoms with Gasteiger partial charge in [0, 0.05) is 37.8 Å². The molecule has 2 aliphatic heterocycles. The molecule has 1 aromatic rings. The van der Waals surface area contributed by atoms with Crippen LogP contribution in [0.4, 0.5) is 5.69 Å². The predicted octanol–water partition coefficient (Wildman–Crippen LogP) is 1.16. The van der Waals surface area contributed by atoms with Crippen LogP contribution in [0.15, 0.2) is 23.1 Å². The molecule has 3 rings (SSSR count). The highest BCUT2D eigenvalue weighted by Gasteiger charge is 2.36. The van der Waals surface area contributed by atoms with Crippen LogP contribution in [0, 0.1) is 23.0 Å². The van der Waals surface area contributed by atoms with Crippen molar-refractivity contribution in [2.24, 2.45) is 5.92 Å². The van der Waals surface area contributed by atoms with Gasteiger partial charge in [0.15, 0.2) is 0 Å². The van der Waals surface area contributed by atoms with E-state index >= 15 is 0 Å². The maximum atomic E-state index is 13.0. The molecule has 0 aliphatic carbocycles. The van der Waals surface area contributed by atoms with E-state index in [0.29, 0.717) is 51.3 Å². The van der Waals surface area contributed by atoms with Gasteiger partial charge >= 0.3 is 0 Å². The fourth-order valence-electron chi connectivity index (χ4n) is 3.50. The maximum absolute atomic E-state index is 13.0. The molecule has 2 heterocycles. The average molecular weight is 397 g/mol. The first-order chi connectivity index (χ1) is 12.8. The van der Waals surface area contributed by atoms with E-state index < -0.39 is 20.9 Å². The van der Waals surface area contributed by atoms with Gasteiger partial charge in [0.1, 0.15) is 0 Å². The molecule has 0 saturated carbocycles. The predicted molar refractivity (Wildman–Crippen MR) is 96.7 cm³/mol. The summed E-state index contributed by atoms with van der Waals surface area (Å²) < 4.78 is 32.5. The fourth-order valence-corrected chi connectivity index (χ4v) is 5.04. The number of hydrogen-bond donors (Lipinski definition) is 0. The number of morpholine rings is 1. The standard InChI is InChI=1S/C17H23N3O6S/c1-13-4-5-15(11-16(13)20(22)23)27(24,25)19-6-2-3-14(12-19)17(21)18-7-9-26-10-8-18/h4-5,11,14H,2-3,6-10,12H2,1H3/t14-/m0/s1. The molecule has 0 bridgehead atoms. The molecule has 0 aromatic heterocycles. The summed E-state index contributed by atoms with van der Waals surface area (Å²) in [4.78, 5) is 24.9. The first kappa shape index (κ1) is 19.7. The number of benzene rings is 1. The lowest BCUT2D eigenvalue weighted by molar-refractivity contribution is -0.385. The molecule has 0 radical (unpaired) electrons. The van der Waals surface area contributed by atoms with E-state index in [-0.39, 0.29) is 23.0 Å². The summed E-state index contributed by atoms with van der Waals surface area (Å²) in [5.74, 6) is -0.444. The quantitative estimate of drug-likeness (QED) is 0.557. The van der Waals surface area contributed by atoms with Crippen molar-refractivity contribution < 1.29 is 22.9 Å². The zero-order chi connectivity index (χ0) is 19.6. The van der Waals surface area contributed by atoms with E-state index in [1.54, 1.807) is 11.8 Å². The Kier molecular flexibility index (Phi) is 5.78. The van der Waals surface area contributed by atoms with Crippen molar-refractivity contribution in [3.63, 3.8) is 0 Å². The maximum Gasteiger partial charge on any atom is 0.273 e. The summed E-state index contributed by atoms with van der Waals surface area (Å²) in [5.41, 5.74) is 0.173. The highest BCUT2D eigenvalue weighted by Crippen LogP contribution is 2.28. The van der Waals surface area contributed by atoms with Crippen LogP contribution in [-0.4, -0.2) is 67.8 Å². The van der Waals surface area contributed by atoms with Gasteiger partial charge in [0.2, 0.25) is 15.9 Å². The average Bonchev–Trinajstić information content (AvgIpc) is 2.68. The Morgan fingerprint density at radius 1 is 1.26 bits per heavy atom. The van der Waals surface area contributed by atoms with Crippen LogP contribution in [0.5, 0.6) is 0 Å². The number of carbonyl (C=O) groups is 1. The summed E-state index contributed by atoms with van der Waals surface area (Å²) >= 11 is 0. The molecule has 2 saturated heterocycles. The van der Waals surface area contributed by atoms with E-state index in [2.05, 4.69) is 0 Å². The third-order valence-corrected chi connectivity index (χ3v) is 6.93. The summed E-state index contributed by atoms with van der Waals surface area (Å²) in [5, 5.41) is 11.1. The van der Waals surface area contributed by atoms with Crippen LogP contribution in [0.3, 0.4) is 0 Å². The number of amides is 1. The number of nitro groups is 1. The molecule has 0 N–H and O–H groups in total. The van der Waals surface area contributed by atoms with Gasteiger partial charge < -0.3 is 9.64 Å². The molecular weight excluding hydrogens is 374 g/mol. The molecule has 27 heavy (non-hydrogen) atoms. The first-order valence-corrected chi connectivity index (χ1v) is 10.4. The topological polar surface area (TPSA) is 110 Å². The molecule has 0 spiro atoms. The molecule has 1 amide bonds. The monoisotopic (exact) mass is 397 g/mol. The van der Waals surface area contributed by atoms with E-state index in [9.17, 15) is 23.3 Å². The summed E-state index contributed by atoms with van der Waals surface area (Å²) in [6.07, 6.45) is 1.21. The minimum absolute atomic E-state index is 0.0481. The molecule has 10 heteroatoms. The second-order valence-corrected chi connectivity index (χ2v) is 8.78. The Hall–Kier alpha value is -2.04. The van der Waals surface area contributed by atoms with Gasteiger partial charge in [-0.3, -0.25) is 14.9 Å². The molecule has 1 atom stereocenters. The molecule has 9 nitrogen and oxygen atoms in total. The van der Waals surface area contributed by atoms with Gasteiger partial charge in [-0.2, -0.15) is 4.31 Å². The number of piperidine rings is 1. The van der Waals surface area contributed by atoms with Crippen LogP contribution in [-0.2, 0) is 19.6 Å². The van der Waals surface area contributed by atoms with Crippen LogP contribution >= 0.6 is 0 Å². The largest absolute Gasteiger partial charge is 0.378 e. The summed E-state index contributed by atoms with van der Waals surface area (Å²) in [6, 6.07) is 3.91. The van der Waals surface area contributed by atoms with Gasteiger partial charge in [-0.15, -0.1) is 0 Å². The van der Waals surface area contributed by atoms with Gasteiger partial charge in [-0.1, -0.05) is 6.07 Å². The van der Waals surface area contributed by atoms with Gasteiger partial charge in [0.05, 0.1) is 29.0 Å². The van der Waals surface area contributed by atoms with Crippen molar-refractivity contribution in [2.45, 2.75) is 24.7 Å². The van der Waals surface area contributed by atoms with E-state index in [1.165, 1.54) is 16.4 Å². The highest BCUT2D eigenvalue weighted by molar-refractivity contribution is 7.89. The molecule has 1 aromatic carbocycles. The normalized spacial score (nSPS) is 21.8. The summed E-state index contributed by atoms with van der Waals surface area (Å²) in [7, 11) is -3.90. The molecule has 148 valence electrons. The Bertz CT molecular complexity index is 835. The number of carbonyl (C=O) groups excluding carboxylic acids is 1. The third kappa shape index (κ3) is 4.12. The van der Waals surface area contributed by atoms with E-state index in [1.807, 2.05) is 0 Å². The van der Waals surface area contributed by atoms with E-state index in [4.69, 9.17) is 4.74 Å². The Morgan fingerprint density at radius 3 is 2.63 bits per heavy atom.